The molecule has 0 spiro atoms. The molecule has 5 heteroatoms. The van der Waals surface area contributed by atoms with Crippen LogP contribution in [-0.4, -0.2) is 28.5 Å². The summed E-state index contributed by atoms with van der Waals surface area (Å²) in [5.74, 6) is -1.85. The fourth-order valence-electron chi connectivity index (χ4n) is 0.926. The average Bonchev–Trinajstić information content (AvgIpc) is 2.33. The van der Waals surface area contributed by atoms with Crippen molar-refractivity contribution in [3.63, 3.8) is 0 Å². The van der Waals surface area contributed by atoms with Gasteiger partial charge in [0.25, 0.3) is 0 Å². The second-order valence-electron chi connectivity index (χ2n) is 2.41. The van der Waals surface area contributed by atoms with Gasteiger partial charge in [0.1, 0.15) is 0 Å². The fourth-order valence-corrected chi connectivity index (χ4v) is 1.23. The van der Waals surface area contributed by atoms with Crippen LogP contribution >= 0.6 is 11.6 Å². The fraction of sp³-hybridized carbons (Fsp3) is 0.667. The molecule has 1 N–H and O–H groups in total. The Morgan fingerprint density at radius 1 is 1.82 bits per heavy atom. The summed E-state index contributed by atoms with van der Waals surface area (Å²) in [5, 5.41) is 8.62. The highest BCUT2D eigenvalue weighted by molar-refractivity contribution is 6.20. The Bertz CT molecular complexity index is 203. The Hall–Kier alpha value is -0.770. The molecule has 1 rings (SSSR count). The van der Waals surface area contributed by atoms with E-state index in [-0.39, 0.29) is 18.7 Å². The van der Waals surface area contributed by atoms with Crippen LogP contribution in [0, 0.1) is 0 Å². The molecule has 0 aromatic heterocycles. The number of cyclic esters (lactones) is 1. The van der Waals surface area contributed by atoms with E-state index >= 15 is 0 Å². The van der Waals surface area contributed by atoms with Gasteiger partial charge in [0, 0.05) is 12.8 Å². The van der Waals surface area contributed by atoms with Crippen LogP contribution in [0.2, 0.25) is 0 Å². The molecule has 1 aliphatic rings. The summed E-state index contributed by atoms with van der Waals surface area (Å²) in [4.78, 5) is 21.1. The highest BCUT2D eigenvalue weighted by Gasteiger charge is 2.46. The van der Waals surface area contributed by atoms with Gasteiger partial charge in [-0.1, -0.05) is 0 Å². The number of hydrogen-bond donors (Lipinski definition) is 1. The van der Waals surface area contributed by atoms with Crippen LogP contribution in [0.3, 0.4) is 0 Å². The Balaban J connectivity index is 2.78. The Kier molecular flexibility index (Phi) is 2.04. The van der Waals surface area contributed by atoms with E-state index in [0.717, 1.165) is 0 Å². The molecule has 0 aliphatic carbocycles. The second-order valence-corrected chi connectivity index (χ2v) is 2.67. The zero-order valence-electron chi connectivity index (χ0n) is 5.67. The molecule has 0 saturated carbocycles. The van der Waals surface area contributed by atoms with Crippen LogP contribution in [0.15, 0.2) is 0 Å². The molecule has 0 aromatic carbocycles. The number of carbonyl (C=O) groups excluding carboxylic acids is 1. The zero-order chi connectivity index (χ0) is 8.48. The first kappa shape index (κ1) is 8.33. The molecule has 1 heterocycles. The maximum absolute atomic E-state index is 10.6. The molecule has 1 atom stereocenters. The average molecular weight is 179 g/mol. The Labute approximate surface area is 68.1 Å². The number of aliphatic carboxylic acids is 1. The van der Waals surface area contributed by atoms with E-state index < -0.39 is 17.5 Å². The van der Waals surface area contributed by atoms with E-state index in [4.69, 9.17) is 16.7 Å². The topological polar surface area (TPSA) is 63.6 Å². The molecule has 0 aromatic rings. The van der Waals surface area contributed by atoms with E-state index in [1.807, 2.05) is 0 Å². The normalized spacial score (nSPS) is 30.1. The van der Waals surface area contributed by atoms with Gasteiger partial charge in [-0.25, -0.2) is 4.79 Å². The van der Waals surface area contributed by atoms with Crippen molar-refractivity contribution < 1.29 is 19.4 Å². The minimum absolute atomic E-state index is 0.138. The minimum atomic E-state index is -1.46. The number of carboxylic acids is 1. The van der Waals surface area contributed by atoms with Crippen molar-refractivity contribution in [2.45, 2.75) is 18.4 Å². The first-order valence-electron chi connectivity index (χ1n) is 3.12. The predicted molar refractivity (Wildman–Crippen MR) is 36.4 cm³/mol. The summed E-state index contributed by atoms with van der Waals surface area (Å²) in [6, 6.07) is 0. The number of carbonyl (C=O) groups is 2. The van der Waals surface area contributed by atoms with Crippen LogP contribution in [0.1, 0.15) is 12.8 Å². The third-order valence-corrected chi connectivity index (χ3v) is 2.08. The van der Waals surface area contributed by atoms with Gasteiger partial charge in [-0.15, -0.1) is 11.6 Å². The molecule has 0 radical (unpaired) electrons. The summed E-state index contributed by atoms with van der Waals surface area (Å²) in [6.45, 7) is 0. The molecular formula is C6H7ClO4. The summed E-state index contributed by atoms with van der Waals surface area (Å²) in [5.41, 5.74) is -1.46. The van der Waals surface area contributed by atoms with Gasteiger partial charge >= 0.3 is 11.9 Å². The van der Waals surface area contributed by atoms with Gasteiger partial charge in [0.05, 0.1) is 5.88 Å². The third kappa shape index (κ3) is 1.30. The van der Waals surface area contributed by atoms with Crippen LogP contribution in [0.25, 0.3) is 0 Å². The number of rotatable bonds is 2. The number of alkyl halides is 1. The van der Waals surface area contributed by atoms with Crippen molar-refractivity contribution in [3.05, 3.63) is 0 Å². The van der Waals surface area contributed by atoms with E-state index in [0.29, 0.717) is 0 Å². The van der Waals surface area contributed by atoms with Gasteiger partial charge in [-0.3, -0.25) is 4.79 Å². The van der Waals surface area contributed by atoms with Gasteiger partial charge < -0.3 is 9.84 Å². The lowest BCUT2D eigenvalue weighted by Gasteiger charge is -2.18. The van der Waals surface area contributed by atoms with Crippen molar-refractivity contribution in [2.24, 2.45) is 0 Å². The largest absolute Gasteiger partial charge is 0.478 e. The van der Waals surface area contributed by atoms with Crippen molar-refractivity contribution in [1.82, 2.24) is 0 Å². The summed E-state index contributed by atoms with van der Waals surface area (Å²) < 4.78 is 4.59. The molecule has 1 aliphatic heterocycles. The number of carboxylic acid groups (broad SMARTS) is 1. The number of halogens is 1. The SMILES string of the molecule is O=C1CCC(CCl)(C(=O)O)O1. The van der Waals surface area contributed by atoms with Crippen molar-refractivity contribution in [1.29, 1.82) is 0 Å². The van der Waals surface area contributed by atoms with E-state index in [2.05, 4.69) is 4.74 Å². The van der Waals surface area contributed by atoms with Crippen molar-refractivity contribution >= 4 is 23.5 Å². The molecule has 4 nitrogen and oxygen atoms in total. The molecule has 11 heavy (non-hydrogen) atoms. The van der Waals surface area contributed by atoms with Crippen LogP contribution in [-0.2, 0) is 14.3 Å². The Morgan fingerprint density at radius 2 is 2.45 bits per heavy atom. The zero-order valence-corrected chi connectivity index (χ0v) is 6.43. The van der Waals surface area contributed by atoms with Crippen LogP contribution in [0.4, 0.5) is 0 Å². The molecular weight excluding hydrogens is 172 g/mol. The summed E-state index contributed by atoms with van der Waals surface area (Å²) in [7, 11) is 0. The number of esters is 1. The first-order valence-corrected chi connectivity index (χ1v) is 3.65. The molecule has 1 fully saturated rings. The maximum Gasteiger partial charge on any atom is 0.349 e. The van der Waals surface area contributed by atoms with Gasteiger partial charge in [-0.2, -0.15) is 0 Å². The predicted octanol–water partition coefficient (Wildman–Crippen LogP) is 0.386. The quantitative estimate of drug-likeness (QED) is 0.491. The molecule has 1 saturated heterocycles. The Morgan fingerprint density at radius 3 is 2.64 bits per heavy atom. The van der Waals surface area contributed by atoms with Crippen molar-refractivity contribution in [2.75, 3.05) is 5.88 Å². The molecule has 62 valence electrons. The highest BCUT2D eigenvalue weighted by atomic mass is 35.5. The lowest BCUT2D eigenvalue weighted by Crippen LogP contribution is -2.40. The van der Waals surface area contributed by atoms with Crippen LogP contribution in [0.5, 0.6) is 0 Å². The summed E-state index contributed by atoms with van der Waals surface area (Å²) >= 11 is 5.37. The van der Waals surface area contributed by atoms with Crippen LogP contribution < -0.4 is 0 Å². The lowest BCUT2D eigenvalue weighted by atomic mass is 10.0. The van der Waals surface area contributed by atoms with Crippen molar-refractivity contribution in [3.8, 4) is 0 Å². The standard InChI is InChI=1S/C6H7ClO4/c7-3-6(5(9)10)2-1-4(8)11-6/h1-3H2,(H,9,10). The maximum atomic E-state index is 10.6. The monoisotopic (exact) mass is 178 g/mol. The molecule has 1 unspecified atom stereocenters. The molecule has 0 amide bonds. The van der Waals surface area contributed by atoms with Gasteiger partial charge in [0.15, 0.2) is 0 Å². The lowest BCUT2D eigenvalue weighted by molar-refractivity contribution is -0.167. The van der Waals surface area contributed by atoms with E-state index in [9.17, 15) is 9.59 Å². The van der Waals surface area contributed by atoms with Gasteiger partial charge in [0.2, 0.25) is 5.60 Å². The second kappa shape index (κ2) is 2.70. The van der Waals surface area contributed by atoms with E-state index in [1.165, 1.54) is 0 Å². The van der Waals surface area contributed by atoms with E-state index in [1.54, 1.807) is 0 Å². The van der Waals surface area contributed by atoms with Gasteiger partial charge in [-0.05, 0) is 0 Å². The third-order valence-electron chi connectivity index (χ3n) is 1.65. The first-order chi connectivity index (χ1) is 5.10. The number of hydrogen-bond acceptors (Lipinski definition) is 3. The molecule has 0 bridgehead atoms. The highest BCUT2D eigenvalue weighted by Crippen LogP contribution is 2.28. The number of ether oxygens (including phenoxy) is 1. The summed E-state index contributed by atoms with van der Waals surface area (Å²) in [6.07, 6.45) is 0.309. The smallest absolute Gasteiger partial charge is 0.349 e. The minimum Gasteiger partial charge on any atom is -0.478 e.